The smallest absolute Gasteiger partial charge is 0.0487 e. The molecule has 0 saturated heterocycles. The van der Waals surface area contributed by atoms with Crippen LogP contribution in [-0.4, -0.2) is 6.54 Å². The highest BCUT2D eigenvalue weighted by atomic mass is 35.5. The van der Waals surface area contributed by atoms with E-state index in [0.717, 1.165) is 39.8 Å². The van der Waals surface area contributed by atoms with Gasteiger partial charge >= 0.3 is 0 Å². The molecule has 0 fully saturated rings. The molecule has 100 valence electrons. The van der Waals surface area contributed by atoms with E-state index in [-0.39, 0.29) is 0 Å². The van der Waals surface area contributed by atoms with Gasteiger partial charge in [0.15, 0.2) is 0 Å². The van der Waals surface area contributed by atoms with Crippen molar-refractivity contribution in [3.05, 3.63) is 57.6 Å². The molecule has 0 heterocycles. The van der Waals surface area contributed by atoms with Gasteiger partial charge in [-0.05, 0) is 42.3 Å². The van der Waals surface area contributed by atoms with Crippen molar-refractivity contribution in [2.24, 2.45) is 0 Å². The van der Waals surface area contributed by atoms with Gasteiger partial charge < -0.3 is 5.32 Å². The Bertz CT molecular complexity index is 579. The van der Waals surface area contributed by atoms with Crippen LogP contribution >= 0.6 is 23.2 Å². The van der Waals surface area contributed by atoms with E-state index in [1.165, 1.54) is 5.56 Å². The molecule has 2 aromatic carbocycles. The fourth-order valence-corrected chi connectivity index (χ4v) is 2.43. The molecule has 0 unspecified atom stereocenters. The van der Waals surface area contributed by atoms with E-state index >= 15 is 0 Å². The molecule has 0 aliphatic heterocycles. The van der Waals surface area contributed by atoms with Crippen molar-refractivity contribution in [1.82, 2.24) is 5.32 Å². The maximum atomic E-state index is 6.36. The van der Waals surface area contributed by atoms with Crippen LogP contribution in [0.15, 0.2) is 36.4 Å². The van der Waals surface area contributed by atoms with Crippen LogP contribution in [0.25, 0.3) is 11.1 Å². The van der Waals surface area contributed by atoms with Crippen molar-refractivity contribution in [2.45, 2.75) is 20.4 Å². The Morgan fingerprint density at radius 3 is 2.42 bits per heavy atom. The Morgan fingerprint density at radius 1 is 1.00 bits per heavy atom. The van der Waals surface area contributed by atoms with Gasteiger partial charge in [0.1, 0.15) is 0 Å². The molecule has 0 amide bonds. The van der Waals surface area contributed by atoms with Crippen molar-refractivity contribution in [2.75, 3.05) is 6.54 Å². The summed E-state index contributed by atoms with van der Waals surface area (Å²) in [4.78, 5) is 0. The number of hydrogen-bond acceptors (Lipinski definition) is 1. The summed E-state index contributed by atoms with van der Waals surface area (Å²) < 4.78 is 0. The third-order valence-electron chi connectivity index (χ3n) is 3.10. The van der Waals surface area contributed by atoms with Gasteiger partial charge in [-0.1, -0.05) is 54.4 Å². The van der Waals surface area contributed by atoms with Crippen molar-refractivity contribution in [1.29, 1.82) is 0 Å². The predicted octanol–water partition coefficient (Wildman–Crippen LogP) is 5.08. The Balaban J connectivity index is 2.32. The average Bonchev–Trinajstić information content (AvgIpc) is 2.40. The molecule has 0 saturated carbocycles. The molecule has 19 heavy (non-hydrogen) atoms. The first kappa shape index (κ1) is 14.4. The lowest BCUT2D eigenvalue weighted by Crippen LogP contribution is -2.11. The molecule has 0 atom stereocenters. The van der Waals surface area contributed by atoms with Crippen LogP contribution < -0.4 is 5.32 Å². The lowest BCUT2D eigenvalue weighted by molar-refractivity contribution is 0.727. The van der Waals surface area contributed by atoms with E-state index in [0.29, 0.717) is 0 Å². The average molecular weight is 294 g/mol. The minimum atomic E-state index is 0.760. The highest BCUT2D eigenvalue weighted by molar-refractivity contribution is 6.34. The zero-order valence-corrected chi connectivity index (χ0v) is 12.6. The molecule has 2 aromatic rings. The van der Waals surface area contributed by atoms with E-state index in [4.69, 9.17) is 23.2 Å². The second kappa shape index (κ2) is 6.42. The van der Waals surface area contributed by atoms with E-state index in [1.54, 1.807) is 0 Å². The number of halogens is 2. The highest BCUT2D eigenvalue weighted by Gasteiger charge is 2.06. The van der Waals surface area contributed by atoms with Gasteiger partial charge in [0.25, 0.3) is 0 Å². The molecule has 0 aromatic heterocycles. The van der Waals surface area contributed by atoms with Gasteiger partial charge in [-0.3, -0.25) is 0 Å². The Kier molecular flexibility index (Phi) is 4.87. The molecule has 2 rings (SSSR count). The first-order chi connectivity index (χ1) is 9.11. The summed E-state index contributed by atoms with van der Waals surface area (Å²) in [6, 6.07) is 12.2. The van der Waals surface area contributed by atoms with Gasteiger partial charge in [-0.15, -0.1) is 0 Å². The van der Waals surface area contributed by atoms with E-state index < -0.39 is 0 Å². The number of hydrogen-bond donors (Lipinski definition) is 1. The first-order valence-corrected chi connectivity index (χ1v) is 7.13. The Labute approximate surface area is 124 Å². The predicted molar refractivity (Wildman–Crippen MR) is 84.0 cm³/mol. The third-order valence-corrected chi connectivity index (χ3v) is 3.82. The van der Waals surface area contributed by atoms with Crippen molar-refractivity contribution >= 4 is 23.2 Å². The molecule has 1 N–H and O–H groups in total. The van der Waals surface area contributed by atoms with Crippen molar-refractivity contribution < 1.29 is 0 Å². The fraction of sp³-hybridized carbons (Fsp3) is 0.250. The quantitative estimate of drug-likeness (QED) is 0.829. The minimum absolute atomic E-state index is 0.760. The number of aryl methyl sites for hydroxylation is 1. The topological polar surface area (TPSA) is 12.0 Å². The number of rotatable bonds is 4. The summed E-state index contributed by atoms with van der Waals surface area (Å²) in [5.74, 6) is 0. The molecule has 0 aliphatic rings. The van der Waals surface area contributed by atoms with Crippen LogP contribution in [0.5, 0.6) is 0 Å². The molecule has 3 heteroatoms. The van der Waals surface area contributed by atoms with Gasteiger partial charge in [-0.25, -0.2) is 0 Å². The monoisotopic (exact) mass is 293 g/mol. The number of benzene rings is 2. The summed E-state index contributed by atoms with van der Waals surface area (Å²) in [5, 5.41) is 4.82. The summed E-state index contributed by atoms with van der Waals surface area (Å²) in [7, 11) is 0. The number of nitrogens with one attached hydrogen (secondary N) is 1. The zero-order chi connectivity index (χ0) is 13.8. The first-order valence-electron chi connectivity index (χ1n) is 6.37. The summed E-state index contributed by atoms with van der Waals surface area (Å²) >= 11 is 12.5. The van der Waals surface area contributed by atoms with Crippen LogP contribution in [0, 0.1) is 6.92 Å². The highest BCUT2D eigenvalue weighted by Crippen LogP contribution is 2.31. The Hall–Kier alpha value is -1.02. The molecule has 0 bridgehead atoms. The van der Waals surface area contributed by atoms with Crippen molar-refractivity contribution in [3.8, 4) is 11.1 Å². The lowest BCUT2D eigenvalue weighted by atomic mass is 10.0. The summed E-state index contributed by atoms with van der Waals surface area (Å²) in [6.07, 6.45) is 0. The Morgan fingerprint density at radius 2 is 1.79 bits per heavy atom. The lowest BCUT2D eigenvalue weighted by Gasteiger charge is -2.09. The van der Waals surface area contributed by atoms with Gasteiger partial charge in [0.05, 0.1) is 0 Å². The summed E-state index contributed by atoms with van der Waals surface area (Å²) in [6.45, 7) is 5.87. The van der Waals surface area contributed by atoms with Crippen molar-refractivity contribution in [3.63, 3.8) is 0 Å². The van der Waals surface area contributed by atoms with Gasteiger partial charge in [-0.2, -0.15) is 0 Å². The van der Waals surface area contributed by atoms with E-state index in [1.807, 2.05) is 31.2 Å². The van der Waals surface area contributed by atoms with E-state index in [9.17, 15) is 0 Å². The molecule has 1 nitrogen and oxygen atoms in total. The van der Waals surface area contributed by atoms with Crippen LogP contribution in [0.3, 0.4) is 0 Å². The van der Waals surface area contributed by atoms with Crippen LogP contribution in [0.4, 0.5) is 0 Å². The SMILES string of the molecule is CCNCc1ccc(-c2ccc(C)c(Cl)c2)c(Cl)c1. The molecule has 0 radical (unpaired) electrons. The largest absolute Gasteiger partial charge is 0.313 e. The van der Waals surface area contributed by atoms with Gasteiger partial charge in [0, 0.05) is 22.2 Å². The van der Waals surface area contributed by atoms with E-state index in [2.05, 4.69) is 24.4 Å². The minimum Gasteiger partial charge on any atom is -0.313 e. The normalized spacial score (nSPS) is 10.7. The third kappa shape index (κ3) is 3.50. The second-order valence-electron chi connectivity index (χ2n) is 4.56. The second-order valence-corrected chi connectivity index (χ2v) is 5.37. The maximum Gasteiger partial charge on any atom is 0.0487 e. The zero-order valence-electron chi connectivity index (χ0n) is 11.1. The van der Waals surface area contributed by atoms with Crippen LogP contribution in [0.1, 0.15) is 18.1 Å². The molecular formula is C16H17Cl2N. The molecule has 0 spiro atoms. The fourth-order valence-electron chi connectivity index (χ4n) is 1.93. The molecule has 0 aliphatic carbocycles. The molecular weight excluding hydrogens is 277 g/mol. The van der Waals surface area contributed by atoms with Crippen LogP contribution in [-0.2, 0) is 6.54 Å². The maximum absolute atomic E-state index is 6.36. The van der Waals surface area contributed by atoms with Crippen LogP contribution in [0.2, 0.25) is 10.0 Å². The van der Waals surface area contributed by atoms with Gasteiger partial charge in [0.2, 0.25) is 0 Å². The summed E-state index contributed by atoms with van der Waals surface area (Å²) in [5.41, 5.74) is 4.33. The standard InChI is InChI=1S/C16H17Cl2N/c1-3-19-10-12-5-7-14(16(18)8-12)13-6-4-11(2)15(17)9-13/h4-9,19H,3,10H2,1-2H3.